The van der Waals surface area contributed by atoms with Gasteiger partial charge in [-0.15, -0.1) is 0 Å². The number of hydrogen-bond donors (Lipinski definition) is 1. The van der Waals surface area contributed by atoms with Crippen LogP contribution in [0, 0.1) is 12.7 Å². The fourth-order valence-electron chi connectivity index (χ4n) is 3.53. The van der Waals surface area contributed by atoms with Gasteiger partial charge >= 0.3 is 0 Å². The maximum Gasteiger partial charge on any atom is 0.255 e. The van der Waals surface area contributed by atoms with Crippen molar-refractivity contribution in [2.75, 3.05) is 11.9 Å². The average Bonchev–Trinajstić information content (AvgIpc) is 2.84. The summed E-state index contributed by atoms with van der Waals surface area (Å²) in [6.07, 6.45) is 0. The van der Waals surface area contributed by atoms with Crippen molar-refractivity contribution in [2.45, 2.75) is 13.0 Å². The molecule has 1 aliphatic rings. The topological polar surface area (TPSA) is 49.4 Å². The summed E-state index contributed by atoms with van der Waals surface area (Å²) in [7, 11) is 0. The van der Waals surface area contributed by atoms with Crippen LogP contribution in [0.25, 0.3) is 0 Å². The molecule has 0 aromatic heterocycles. The van der Waals surface area contributed by atoms with E-state index < -0.39 is 6.04 Å². The van der Waals surface area contributed by atoms with Crippen molar-refractivity contribution in [3.8, 4) is 0 Å². The maximum absolute atomic E-state index is 13.5. The second-order valence-corrected chi connectivity index (χ2v) is 7.47. The van der Waals surface area contributed by atoms with E-state index in [0.717, 1.165) is 5.56 Å². The Bertz CT molecular complexity index is 1080. The molecular formula is C23H18ClFN2O2. The number of fused-ring (bicyclic) bond motifs is 1. The van der Waals surface area contributed by atoms with Crippen LogP contribution in [-0.4, -0.2) is 23.3 Å². The van der Waals surface area contributed by atoms with Gasteiger partial charge in [-0.1, -0.05) is 41.4 Å². The van der Waals surface area contributed by atoms with Crippen molar-refractivity contribution in [1.82, 2.24) is 4.90 Å². The molecule has 0 bridgehead atoms. The second-order valence-electron chi connectivity index (χ2n) is 7.03. The fourth-order valence-corrected chi connectivity index (χ4v) is 3.71. The van der Waals surface area contributed by atoms with Gasteiger partial charge in [-0.25, -0.2) is 4.39 Å². The van der Waals surface area contributed by atoms with Gasteiger partial charge in [0.25, 0.3) is 5.91 Å². The van der Waals surface area contributed by atoms with Gasteiger partial charge in [0.1, 0.15) is 12.4 Å². The van der Waals surface area contributed by atoms with Crippen molar-refractivity contribution in [1.29, 1.82) is 0 Å². The third-order valence-corrected chi connectivity index (χ3v) is 5.19. The summed E-state index contributed by atoms with van der Waals surface area (Å²) < 4.78 is 13.5. The standard InChI is InChI=1S/C23H18ClFN2O2/c1-14-2-4-16(5-3-14)23(29)27-13-21(28)26-20-11-8-17(24)12-19(20)22(27)15-6-9-18(25)10-7-15/h2-12,22H,13H2,1H3,(H,26,28)/t22-/m1/s1. The minimum atomic E-state index is -0.600. The first-order chi connectivity index (χ1) is 13.9. The summed E-state index contributed by atoms with van der Waals surface area (Å²) in [5.74, 6) is -0.972. The van der Waals surface area contributed by atoms with E-state index in [2.05, 4.69) is 5.32 Å². The number of amides is 2. The highest BCUT2D eigenvalue weighted by atomic mass is 35.5. The van der Waals surface area contributed by atoms with E-state index in [1.807, 2.05) is 19.1 Å². The maximum atomic E-state index is 13.5. The number of nitrogens with zero attached hydrogens (tertiary/aromatic N) is 1. The Hall–Kier alpha value is -3.18. The minimum absolute atomic E-state index is 0.138. The molecule has 3 aromatic rings. The SMILES string of the molecule is Cc1ccc(C(=O)N2CC(=O)Nc3ccc(Cl)cc3[C@H]2c2ccc(F)cc2)cc1. The highest BCUT2D eigenvalue weighted by Gasteiger charge is 2.34. The highest BCUT2D eigenvalue weighted by Crippen LogP contribution is 2.38. The van der Waals surface area contributed by atoms with E-state index in [1.165, 1.54) is 17.0 Å². The summed E-state index contributed by atoms with van der Waals surface area (Å²) in [4.78, 5) is 27.5. The van der Waals surface area contributed by atoms with Crippen LogP contribution in [0.15, 0.2) is 66.7 Å². The molecule has 29 heavy (non-hydrogen) atoms. The molecule has 1 heterocycles. The molecule has 0 saturated heterocycles. The number of carbonyl (C=O) groups excluding carboxylic acids is 2. The quantitative estimate of drug-likeness (QED) is 0.650. The summed E-state index contributed by atoms with van der Waals surface area (Å²) in [5.41, 5.74) is 3.44. The molecule has 1 N–H and O–H groups in total. The summed E-state index contributed by atoms with van der Waals surface area (Å²) >= 11 is 6.23. The molecule has 4 nitrogen and oxygen atoms in total. The van der Waals surface area contributed by atoms with E-state index >= 15 is 0 Å². The van der Waals surface area contributed by atoms with Gasteiger partial charge in [0, 0.05) is 21.8 Å². The summed E-state index contributed by atoms with van der Waals surface area (Å²) in [6, 6.07) is 17.6. The van der Waals surface area contributed by atoms with Crippen LogP contribution >= 0.6 is 11.6 Å². The number of anilines is 1. The molecule has 1 atom stereocenters. The lowest BCUT2D eigenvalue weighted by Gasteiger charge is -2.30. The van der Waals surface area contributed by atoms with Crippen LogP contribution < -0.4 is 5.32 Å². The highest BCUT2D eigenvalue weighted by molar-refractivity contribution is 6.30. The van der Waals surface area contributed by atoms with Gasteiger partial charge in [-0.05, 0) is 55.0 Å². The van der Waals surface area contributed by atoms with Crippen LogP contribution in [-0.2, 0) is 4.79 Å². The van der Waals surface area contributed by atoms with Gasteiger partial charge in [-0.3, -0.25) is 9.59 Å². The number of halogens is 2. The number of benzene rings is 3. The molecule has 2 amide bonds. The fraction of sp³-hybridized carbons (Fsp3) is 0.130. The van der Waals surface area contributed by atoms with Gasteiger partial charge in [-0.2, -0.15) is 0 Å². The Kier molecular flexibility index (Phi) is 5.07. The van der Waals surface area contributed by atoms with Crippen molar-refractivity contribution < 1.29 is 14.0 Å². The smallest absolute Gasteiger partial charge is 0.255 e. The lowest BCUT2D eigenvalue weighted by atomic mass is 9.95. The Morgan fingerprint density at radius 2 is 1.76 bits per heavy atom. The molecule has 0 fully saturated rings. The van der Waals surface area contributed by atoms with Crippen LogP contribution in [0.4, 0.5) is 10.1 Å². The first kappa shape index (κ1) is 19.2. The van der Waals surface area contributed by atoms with Crippen LogP contribution in [0.3, 0.4) is 0 Å². The second kappa shape index (κ2) is 7.68. The predicted octanol–water partition coefficient (Wildman–Crippen LogP) is 4.97. The van der Waals surface area contributed by atoms with Gasteiger partial charge < -0.3 is 10.2 Å². The van der Waals surface area contributed by atoms with Crippen molar-refractivity contribution >= 4 is 29.1 Å². The number of rotatable bonds is 2. The molecular weight excluding hydrogens is 391 g/mol. The van der Waals surface area contributed by atoms with Crippen molar-refractivity contribution in [3.05, 3.63) is 99.8 Å². The van der Waals surface area contributed by atoms with Crippen LogP contribution in [0.5, 0.6) is 0 Å². The van der Waals surface area contributed by atoms with E-state index in [9.17, 15) is 14.0 Å². The Morgan fingerprint density at radius 1 is 1.07 bits per heavy atom. The molecule has 146 valence electrons. The predicted molar refractivity (Wildman–Crippen MR) is 111 cm³/mol. The molecule has 0 aliphatic carbocycles. The zero-order chi connectivity index (χ0) is 20.5. The Morgan fingerprint density at radius 3 is 2.45 bits per heavy atom. The van der Waals surface area contributed by atoms with E-state index in [-0.39, 0.29) is 24.2 Å². The van der Waals surface area contributed by atoms with Crippen LogP contribution in [0.2, 0.25) is 5.02 Å². The molecule has 6 heteroatoms. The number of carbonyl (C=O) groups is 2. The van der Waals surface area contributed by atoms with E-state index in [4.69, 9.17) is 11.6 Å². The number of nitrogens with one attached hydrogen (secondary N) is 1. The molecule has 1 aliphatic heterocycles. The normalized spacial score (nSPS) is 16.0. The van der Waals surface area contributed by atoms with E-state index in [0.29, 0.717) is 27.4 Å². The molecule has 0 radical (unpaired) electrons. The Balaban J connectivity index is 1.88. The van der Waals surface area contributed by atoms with Gasteiger partial charge in [0.2, 0.25) is 5.91 Å². The summed E-state index contributed by atoms with van der Waals surface area (Å²) in [6.45, 7) is 1.80. The molecule has 4 rings (SSSR count). The summed E-state index contributed by atoms with van der Waals surface area (Å²) in [5, 5.41) is 3.32. The largest absolute Gasteiger partial charge is 0.324 e. The van der Waals surface area contributed by atoms with E-state index in [1.54, 1.807) is 42.5 Å². The monoisotopic (exact) mass is 408 g/mol. The number of aryl methyl sites for hydroxylation is 1. The van der Waals surface area contributed by atoms with Crippen molar-refractivity contribution in [2.24, 2.45) is 0 Å². The van der Waals surface area contributed by atoms with Crippen LogP contribution in [0.1, 0.15) is 33.1 Å². The first-order valence-corrected chi connectivity index (χ1v) is 9.52. The van der Waals surface area contributed by atoms with Crippen molar-refractivity contribution in [3.63, 3.8) is 0 Å². The lowest BCUT2D eigenvalue weighted by molar-refractivity contribution is -0.117. The number of hydrogen-bond acceptors (Lipinski definition) is 2. The first-order valence-electron chi connectivity index (χ1n) is 9.15. The van der Waals surface area contributed by atoms with Gasteiger partial charge in [0.15, 0.2) is 0 Å². The molecule has 0 saturated carbocycles. The zero-order valence-corrected chi connectivity index (χ0v) is 16.4. The molecule has 0 unspecified atom stereocenters. The third kappa shape index (κ3) is 3.87. The van der Waals surface area contributed by atoms with Gasteiger partial charge in [0.05, 0.1) is 6.04 Å². The Labute approximate surface area is 172 Å². The average molecular weight is 409 g/mol. The molecule has 3 aromatic carbocycles. The minimum Gasteiger partial charge on any atom is -0.324 e. The zero-order valence-electron chi connectivity index (χ0n) is 15.7. The lowest BCUT2D eigenvalue weighted by Crippen LogP contribution is -2.39. The molecule has 0 spiro atoms. The third-order valence-electron chi connectivity index (χ3n) is 4.95.